The molecular formula is C25H33N3O5. The van der Waals surface area contributed by atoms with E-state index in [4.69, 9.17) is 14.2 Å². The van der Waals surface area contributed by atoms with Gasteiger partial charge in [-0.15, -0.1) is 0 Å². The smallest absolute Gasteiger partial charge is 0.319 e. The van der Waals surface area contributed by atoms with E-state index in [1.54, 1.807) is 25.2 Å². The third kappa shape index (κ3) is 6.86. The molecule has 1 saturated heterocycles. The van der Waals surface area contributed by atoms with Crippen molar-refractivity contribution in [3.8, 4) is 11.5 Å². The first-order chi connectivity index (χ1) is 15.9. The molecule has 1 heterocycles. The number of nitrogens with zero attached hydrogens (tertiary/aromatic N) is 2. The number of ether oxygens (including phenoxy) is 3. The van der Waals surface area contributed by atoms with Crippen LogP contribution in [0.4, 0.5) is 11.4 Å². The van der Waals surface area contributed by atoms with Crippen LogP contribution >= 0.6 is 0 Å². The summed E-state index contributed by atoms with van der Waals surface area (Å²) in [6, 6.07) is 11.6. The van der Waals surface area contributed by atoms with Crippen molar-refractivity contribution in [1.82, 2.24) is 4.90 Å². The Hall–Kier alpha value is -3.26. The van der Waals surface area contributed by atoms with E-state index in [0.717, 1.165) is 29.9 Å². The lowest BCUT2D eigenvalue weighted by atomic mass is 10.1. The standard InChI is InChI=1S/C25H33N3O5/c1-18-11-20(28-9-5-6-10-28)7-8-23(18)26-24(29)16-27(17-25(30)33-4)15-19-12-21(31-2)14-22(13-19)32-3/h7-8,11-14H,5-6,9-10,15-17H2,1-4H3,(H,26,29). The van der Waals surface area contributed by atoms with Crippen molar-refractivity contribution in [1.29, 1.82) is 0 Å². The Morgan fingerprint density at radius 1 is 0.970 bits per heavy atom. The molecule has 3 rings (SSSR count). The minimum Gasteiger partial charge on any atom is -0.497 e. The number of benzene rings is 2. The van der Waals surface area contributed by atoms with Crippen molar-refractivity contribution in [3.63, 3.8) is 0 Å². The summed E-state index contributed by atoms with van der Waals surface area (Å²) in [5.74, 6) is 0.663. The van der Waals surface area contributed by atoms with Crippen LogP contribution in [0.1, 0.15) is 24.0 Å². The highest BCUT2D eigenvalue weighted by Crippen LogP contribution is 2.26. The number of esters is 1. The molecule has 0 radical (unpaired) electrons. The molecule has 2 aromatic carbocycles. The zero-order valence-electron chi connectivity index (χ0n) is 19.8. The molecule has 1 aliphatic heterocycles. The Morgan fingerprint density at radius 2 is 1.64 bits per heavy atom. The molecule has 0 saturated carbocycles. The Morgan fingerprint density at radius 3 is 2.21 bits per heavy atom. The molecule has 1 amide bonds. The predicted octanol–water partition coefficient (Wildman–Crippen LogP) is 3.23. The molecule has 0 bridgehead atoms. The maximum atomic E-state index is 12.9. The van der Waals surface area contributed by atoms with Gasteiger partial charge >= 0.3 is 5.97 Å². The number of hydrogen-bond acceptors (Lipinski definition) is 7. The summed E-state index contributed by atoms with van der Waals surface area (Å²) < 4.78 is 15.5. The van der Waals surface area contributed by atoms with Crippen molar-refractivity contribution in [3.05, 3.63) is 47.5 Å². The van der Waals surface area contributed by atoms with Gasteiger partial charge in [0.25, 0.3) is 0 Å². The highest BCUT2D eigenvalue weighted by Gasteiger charge is 2.18. The number of anilines is 2. The number of hydrogen-bond donors (Lipinski definition) is 1. The van der Waals surface area contributed by atoms with Gasteiger partial charge in [0.15, 0.2) is 0 Å². The quantitative estimate of drug-likeness (QED) is 0.551. The minimum atomic E-state index is -0.413. The molecule has 0 spiro atoms. The number of amides is 1. The van der Waals surface area contributed by atoms with Crippen molar-refractivity contribution >= 4 is 23.3 Å². The average molecular weight is 456 g/mol. The fourth-order valence-electron chi connectivity index (χ4n) is 3.98. The molecule has 33 heavy (non-hydrogen) atoms. The maximum Gasteiger partial charge on any atom is 0.319 e. The van der Waals surface area contributed by atoms with Crippen LogP contribution in [0.5, 0.6) is 11.5 Å². The monoisotopic (exact) mass is 455 g/mol. The molecule has 178 valence electrons. The van der Waals surface area contributed by atoms with E-state index in [9.17, 15) is 9.59 Å². The summed E-state index contributed by atoms with van der Waals surface area (Å²) in [4.78, 5) is 28.9. The van der Waals surface area contributed by atoms with Crippen LogP contribution in [0.2, 0.25) is 0 Å². The van der Waals surface area contributed by atoms with Crippen LogP contribution in [0.3, 0.4) is 0 Å². The van der Waals surface area contributed by atoms with E-state index in [2.05, 4.69) is 16.3 Å². The number of rotatable bonds is 10. The van der Waals surface area contributed by atoms with Gasteiger partial charge in [-0.25, -0.2) is 0 Å². The zero-order valence-corrected chi connectivity index (χ0v) is 19.8. The first kappa shape index (κ1) is 24.4. The molecule has 8 nitrogen and oxygen atoms in total. The number of nitrogens with one attached hydrogen (secondary N) is 1. The zero-order chi connectivity index (χ0) is 23.8. The van der Waals surface area contributed by atoms with E-state index in [-0.39, 0.29) is 19.0 Å². The van der Waals surface area contributed by atoms with Crippen LogP contribution in [-0.4, -0.2) is 64.3 Å². The molecule has 2 aromatic rings. The number of aryl methyl sites for hydroxylation is 1. The van der Waals surface area contributed by atoms with Crippen LogP contribution in [0.15, 0.2) is 36.4 Å². The van der Waals surface area contributed by atoms with Gasteiger partial charge < -0.3 is 24.4 Å². The molecule has 1 fully saturated rings. The Balaban J connectivity index is 1.69. The van der Waals surface area contributed by atoms with E-state index in [1.165, 1.54) is 25.6 Å². The van der Waals surface area contributed by atoms with Gasteiger partial charge in [-0.05, 0) is 61.2 Å². The second kappa shape index (κ2) is 11.6. The largest absolute Gasteiger partial charge is 0.497 e. The Bertz CT molecular complexity index is 950. The van der Waals surface area contributed by atoms with E-state index < -0.39 is 5.97 Å². The second-order valence-electron chi connectivity index (χ2n) is 8.18. The van der Waals surface area contributed by atoms with Crippen LogP contribution in [-0.2, 0) is 20.9 Å². The third-order valence-electron chi connectivity index (χ3n) is 5.72. The molecule has 0 aromatic heterocycles. The Kier molecular flexibility index (Phi) is 8.54. The number of carbonyl (C=O) groups is 2. The van der Waals surface area contributed by atoms with Gasteiger partial charge in [-0.1, -0.05) is 0 Å². The predicted molar refractivity (Wildman–Crippen MR) is 128 cm³/mol. The van der Waals surface area contributed by atoms with Gasteiger partial charge in [-0.3, -0.25) is 14.5 Å². The molecule has 1 aliphatic rings. The van der Waals surface area contributed by atoms with Gasteiger partial charge in [0.1, 0.15) is 11.5 Å². The highest BCUT2D eigenvalue weighted by molar-refractivity contribution is 5.93. The van der Waals surface area contributed by atoms with Crippen molar-refractivity contribution < 1.29 is 23.8 Å². The lowest BCUT2D eigenvalue weighted by molar-refractivity contribution is -0.142. The van der Waals surface area contributed by atoms with E-state index in [0.29, 0.717) is 18.0 Å². The lowest BCUT2D eigenvalue weighted by Crippen LogP contribution is -2.37. The second-order valence-corrected chi connectivity index (χ2v) is 8.18. The topological polar surface area (TPSA) is 80.3 Å². The van der Waals surface area contributed by atoms with Gasteiger partial charge in [-0.2, -0.15) is 0 Å². The Labute approximate surface area is 195 Å². The van der Waals surface area contributed by atoms with Crippen molar-refractivity contribution in [2.24, 2.45) is 0 Å². The summed E-state index contributed by atoms with van der Waals surface area (Å²) in [5.41, 5.74) is 3.81. The lowest BCUT2D eigenvalue weighted by Gasteiger charge is -2.22. The third-order valence-corrected chi connectivity index (χ3v) is 5.72. The highest BCUT2D eigenvalue weighted by atomic mass is 16.5. The molecule has 1 N–H and O–H groups in total. The SMILES string of the molecule is COC(=O)CN(CC(=O)Nc1ccc(N2CCCC2)cc1C)Cc1cc(OC)cc(OC)c1. The first-order valence-corrected chi connectivity index (χ1v) is 11.1. The van der Waals surface area contributed by atoms with Gasteiger partial charge in [0.2, 0.25) is 5.91 Å². The summed E-state index contributed by atoms with van der Waals surface area (Å²) in [6.07, 6.45) is 2.43. The first-order valence-electron chi connectivity index (χ1n) is 11.1. The van der Waals surface area contributed by atoms with Crippen LogP contribution in [0.25, 0.3) is 0 Å². The van der Waals surface area contributed by atoms with Gasteiger partial charge in [0, 0.05) is 37.1 Å². The summed E-state index contributed by atoms with van der Waals surface area (Å²) in [5, 5.41) is 2.98. The fourth-order valence-corrected chi connectivity index (χ4v) is 3.98. The normalized spacial score (nSPS) is 13.2. The summed E-state index contributed by atoms with van der Waals surface area (Å²) in [7, 11) is 4.49. The maximum absolute atomic E-state index is 12.9. The van der Waals surface area contributed by atoms with Crippen molar-refractivity contribution in [2.75, 3.05) is 57.7 Å². The minimum absolute atomic E-state index is 0.0175. The van der Waals surface area contributed by atoms with Gasteiger partial charge in [0.05, 0.1) is 34.4 Å². The molecule has 0 atom stereocenters. The molecular weight excluding hydrogens is 422 g/mol. The molecule has 0 unspecified atom stereocenters. The van der Waals surface area contributed by atoms with Crippen LogP contribution < -0.4 is 19.7 Å². The average Bonchev–Trinajstić information content (AvgIpc) is 3.35. The summed E-state index contributed by atoms with van der Waals surface area (Å²) >= 11 is 0. The van der Waals surface area contributed by atoms with Crippen molar-refractivity contribution in [2.45, 2.75) is 26.3 Å². The number of methoxy groups -OCH3 is 3. The number of carbonyl (C=O) groups excluding carboxylic acids is 2. The molecule has 0 aliphatic carbocycles. The molecule has 8 heteroatoms. The van der Waals surface area contributed by atoms with E-state index in [1.807, 2.05) is 31.2 Å². The van der Waals surface area contributed by atoms with Crippen LogP contribution in [0, 0.1) is 6.92 Å². The fraction of sp³-hybridized carbons (Fsp3) is 0.440. The summed E-state index contributed by atoms with van der Waals surface area (Å²) in [6.45, 7) is 4.50. The van der Waals surface area contributed by atoms with E-state index >= 15 is 0 Å².